The molecule has 25 heavy (non-hydrogen) atoms. The highest BCUT2D eigenvalue weighted by atomic mass is 16.7. The predicted molar refractivity (Wildman–Crippen MR) is 95.4 cm³/mol. The summed E-state index contributed by atoms with van der Waals surface area (Å²) in [5, 5.41) is 9.31. The van der Waals surface area contributed by atoms with Gasteiger partial charge in [0.1, 0.15) is 0 Å². The zero-order chi connectivity index (χ0) is 18.8. The molecule has 1 unspecified atom stereocenters. The predicted octanol–water partition coefficient (Wildman–Crippen LogP) is 3.69. The Balaban J connectivity index is 3.18. The topological polar surface area (TPSA) is 74.2 Å². The first kappa shape index (κ1) is 21.3. The second-order valence-electron chi connectivity index (χ2n) is 6.10. The first-order chi connectivity index (χ1) is 11.9. The van der Waals surface area contributed by atoms with Crippen LogP contribution in [0, 0.1) is 5.92 Å². The Kier molecular flexibility index (Phi) is 9.31. The van der Waals surface area contributed by atoms with Gasteiger partial charge in [-0.2, -0.15) is 0 Å². The highest BCUT2D eigenvalue weighted by Gasteiger charge is 2.28. The average Bonchev–Trinajstić information content (AvgIpc) is 2.57. The minimum Gasteiger partial charge on any atom is -0.493 e. The van der Waals surface area contributed by atoms with E-state index in [0.29, 0.717) is 37.2 Å². The lowest BCUT2D eigenvalue weighted by atomic mass is 9.94. The van der Waals surface area contributed by atoms with Crippen LogP contribution in [-0.4, -0.2) is 44.3 Å². The molecule has 0 saturated carbocycles. The molecule has 1 atom stereocenters. The van der Waals surface area contributed by atoms with Crippen LogP contribution in [0.5, 0.6) is 11.5 Å². The molecule has 0 heterocycles. The molecular formula is C19H30O6. The van der Waals surface area contributed by atoms with Gasteiger partial charge in [-0.3, -0.25) is 4.79 Å². The first-order valence-corrected chi connectivity index (χ1v) is 8.68. The Morgan fingerprint density at radius 3 is 2.24 bits per heavy atom. The van der Waals surface area contributed by atoms with Crippen LogP contribution in [0.2, 0.25) is 0 Å². The van der Waals surface area contributed by atoms with Crippen LogP contribution in [0.25, 0.3) is 0 Å². The fourth-order valence-corrected chi connectivity index (χ4v) is 2.46. The summed E-state index contributed by atoms with van der Waals surface area (Å²) >= 11 is 0. The van der Waals surface area contributed by atoms with Crippen molar-refractivity contribution in [1.82, 2.24) is 0 Å². The average molecular weight is 354 g/mol. The molecule has 0 aromatic heterocycles. The van der Waals surface area contributed by atoms with Crippen molar-refractivity contribution in [3.05, 3.63) is 23.8 Å². The Morgan fingerprint density at radius 2 is 1.76 bits per heavy atom. The van der Waals surface area contributed by atoms with Gasteiger partial charge in [-0.15, -0.1) is 0 Å². The van der Waals surface area contributed by atoms with E-state index in [4.69, 9.17) is 18.9 Å². The number of carboxylic acid groups (broad SMARTS) is 1. The summed E-state index contributed by atoms with van der Waals surface area (Å²) in [6, 6.07) is 5.44. The van der Waals surface area contributed by atoms with Crippen molar-refractivity contribution in [1.29, 1.82) is 0 Å². The molecule has 1 N–H and O–H groups in total. The Labute approximate surface area is 150 Å². The van der Waals surface area contributed by atoms with E-state index in [0.717, 1.165) is 5.56 Å². The van der Waals surface area contributed by atoms with E-state index in [1.165, 1.54) is 0 Å². The molecule has 1 aromatic rings. The van der Waals surface area contributed by atoms with Crippen molar-refractivity contribution in [3.63, 3.8) is 0 Å². The van der Waals surface area contributed by atoms with Gasteiger partial charge in [0.15, 0.2) is 17.8 Å². The zero-order valence-electron chi connectivity index (χ0n) is 15.8. The van der Waals surface area contributed by atoms with Crippen molar-refractivity contribution in [3.8, 4) is 11.5 Å². The lowest BCUT2D eigenvalue weighted by Crippen LogP contribution is -2.28. The highest BCUT2D eigenvalue weighted by molar-refractivity contribution is 5.68. The number of hydrogen-bond acceptors (Lipinski definition) is 5. The van der Waals surface area contributed by atoms with Crippen molar-refractivity contribution < 1.29 is 28.8 Å². The molecule has 142 valence electrons. The van der Waals surface area contributed by atoms with Gasteiger partial charge >= 0.3 is 5.97 Å². The summed E-state index contributed by atoms with van der Waals surface area (Å²) in [4.78, 5) is 11.4. The maximum atomic E-state index is 11.4. The smallest absolute Gasteiger partial charge is 0.304 e. The van der Waals surface area contributed by atoms with Gasteiger partial charge in [0.2, 0.25) is 0 Å². The molecule has 0 amide bonds. The van der Waals surface area contributed by atoms with Crippen LogP contribution >= 0.6 is 0 Å². The third kappa shape index (κ3) is 6.92. The minimum atomic E-state index is -0.908. The molecule has 1 aromatic carbocycles. The Morgan fingerprint density at radius 1 is 1.12 bits per heavy atom. The van der Waals surface area contributed by atoms with Crippen LogP contribution in [0.4, 0.5) is 0 Å². The number of hydrogen-bond donors (Lipinski definition) is 1. The maximum Gasteiger partial charge on any atom is 0.304 e. The van der Waals surface area contributed by atoms with Crippen LogP contribution < -0.4 is 9.47 Å². The van der Waals surface area contributed by atoms with Gasteiger partial charge in [0, 0.05) is 19.1 Å². The SMILES string of the molecule is CCOC(OCC)C(CC(=O)O)c1ccc(OC)c(OCC(C)C)c1. The normalized spacial score (nSPS) is 12.4. The molecular weight excluding hydrogens is 324 g/mol. The number of aliphatic carboxylic acids is 1. The fourth-order valence-electron chi connectivity index (χ4n) is 2.46. The summed E-state index contributed by atoms with van der Waals surface area (Å²) in [7, 11) is 1.58. The minimum absolute atomic E-state index is 0.0966. The molecule has 0 aliphatic carbocycles. The highest BCUT2D eigenvalue weighted by Crippen LogP contribution is 2.35. The first-order valence-electron chi connectivity index (χ1n) is 8.68. The van der Waals surface area contributed by atoms with E-state index in [1.807, 2.05) is 26.0 Å². The largest absolute Gasteiger partial charge is 0.493 e. The number of ether oxygens (including phenoxy) is 4. The Hall–Kier alpha value is -1.79. The molecule has 0 bridgehead atoms. The standard InChI is InChI=1S/C19H30O6/c1-6-23-19(24-7-2)15(11-18(20)21)14-8-9-16(22-5)17(10-14)25-12-13(3)4/h8-10,13,15,19H,6-7,11-12H2,1-5H3,(H,20,21). The summed E-state index contributed by atoms with van der Waals surface area (Å²) in [6.45, 7) is 9.25. The number of benzene rings is 1. The monoisotopic (exact) mass is 354 g/mol. The van der Waals surface area contributed by atoms with E-state index < -0.39 is 18.2 Å². The molecule has 6 nitrogen and oxygen atoms in total. The van der Waals surface area contributed by atoms with Crippen LogP contribution in [0.1, 0.15) is 45.6 Å². The lowest BCUT2D eigenvalue weighted by molar-refractivity contribution is -0.160. The molecule has 0 fully saturated rings. The summed E-state index contributed by atoms with van der Waals surface area (Å²) in [6.07, 6.45) is -0.724. The van der Waals surface area contributed by atoms with Crippen molar-refractivity contribution in [2.75, 3.05) is 26.9 Å². The van der Waals surface area contributed by atoms with E-state index in [2.05, 4.69) is 13.8 Å². The summed E-state index contributed by atoms with van der Waals surface area (Å²) in [5.74, 6) is 0.223. The van der Waals surface area contributed by atoms with Crippen molar-refractivity contribution in [2.45, 2.75) is 46.3 Å². The van der Waals surface area contributed by atoms with Gasteiger partial charge in [-0.05, 0) is 37.5 Å². The molecule has 0 saturated heterocycles. The molecule has 0 radical (unpaired) electrons. The van der Waals surface area contributed by atoms with Crippen molar-refractivity contribution >= 4 is 5.97 Å². The lowest BCUT2D eigenvalue weighted by Gasteiger charge is -2.26. The molecule has 0 aliphatic rings. The molecule has 1 rings (SSSR count). The van der Waals surface area contributed by atoms with Gasteiger partial charge in [0.25, 0.3) is 0 Å². The summed E-state index contributed by atoms with van der Waals surface area (Å²) in [5.41, 5.74) is 0.786. The van der Waals surface area contributed by atoms with Crippen LogP contribution in [-0.2, 0) is 14.3 Å². The molecule has 0 aliphatic heterocycles. The van der Waals surface area contributed by atoms with Crippen molar-refractivity contribution in [2.24, 2.45) is 5.92 Å². The third-order valence-electron chi connectivity index (χ3n) is 3.57. The summed E-state index contributed by atoms with van der Waals surface area (Å²) < 4.78 is 22.4. The Bertz CT molecular complexity index is 523. The third-order valence-corrected chi connectivity index (χ3v) is 3.57. The number of carboxylic acids is 1. The maximum absolute atomic E-state index is 11.4. The van der Waals surface area contributed by atoms with E-state index in [-0.39, 0.29) is 6.42 Å². The second kappa shape index (κ2) is 10.9. The number of methoxy groups -OCH3 is 1. The number of carbonyl (C=O) groups is 1. The van der Waals surface area contributed by atoms with E-state index in [9.17, 15) is 9.90 Å². The van der Waals surface area contributed by atoms with Crippen LogP contribution in [0.15, 0.2) is 18.2 Å². The van der Waals surface area contributed by atoms with E-state index >= 15 is 0 Å². The van der Waals surface area contributed by atoms with E-state index in [1.54, 1.807) is 13.2 Å². The van der Waals surface area contributed by atoms with Gasteiger partial charge < -0.3 is 24.1 Å². The van der Waals surface area contributed by atoms with Gasteiger partial charge in [-0.1, -0.05) is 19.9 Å². The van der Waals surface area contributed by atoms with Gasteiger partial charge in [-0.25, -0.2) is 0 Å². The van der Waals surface area contributed by atoms with Crippen LogP contribution in [0.3, 0.4) is 0 Å². The quantitative estimate of drug-likeness (QED) is 0.577. The zero-order valence-corrected chi connectivity index (χ0v) is 15.8. The fraction of sp³-hybridized carbons (Fsp3) is 0.632. The molecule has 6 heteroatoms. The molecule has 0 spiro atoms. The number of rotatable bonds is 12. The second-order valence-corrected chi connectivity index (χ2v) is 6.10. The van der Waals surface area contributed by atoms with Gasteiger partial charge in [0.05, 0.1) is 20.1 Å².